The second-order valence-corrected chi connectivity index (χ2v) is 7.15. The highest BCUT2D eigenvalue weighted by Crippen LogP contribution is 2.19. The number of methoxy groups -OCH3 is 1. The lowest BCUT2D eigenvalue weighted by Gasteiger charge is -2.21. The summed E-state index contributed by atoms with van der Waals surface area (Å²) in [5.41, 5.74) is 5.57. The molecule has 0 spiro atoms. The second kappa shape index (κ2) is 8.89. The maximum Gasteiger partial charge on any atom is 0.169 e. The fourth-order valence-electron chi connectivity index (χ4n) is 3.09. The van der Waals surface area contributed by atoms with Gasteiger partial charge < -0.3 is 15.0 Å². The van der Waals surface area contributed by atoms with Gasteiger partial charge in [0.15, 0.2) is 5.11 Å². The van der Waals surface area contributed by atoms with Crippen LogP contribution in [-0.4, -0.2) is 34.0 Å². The molecule has 0 saturated carbocycles. The molecule has 0 fully saturated rings. The van der Waals surface area contributed by atoms with Crippen LogP contribution < -0.4 is 10.1 Å². The minimum absolute atomic E-state index is 0.675. The summed E-state index contributed by atoms with van der Waals surface area (Å²) in [6, 6.07) is 18.2. The van der Waals surface area contributed by atoms with Crippen molar-refractivity contribution < 1.29 is 4.74 Å². The SMILES string of the molecule is COc1ccc(CNC(=S)N(C)Cc2c(C)nn(-c3ccccc3)c2C)cc1. The minimum atomic E-state index is 0.675. The van der Waals surface area contributed by atoms with Gasteiger partial charge in [0.1, 0.15) is 5.75 Å². The van der Waals surface area contributed by atoms with E-state index in [0.717, 1.165) is 28.4 Å². The van der Waals surface area contributed by atoms with Crippen LogP contribution in [-0.2, 0) is 13.1 Å². The number of rotatable bonds is 6. The van der Waals surface area contributed by atoms with Crippen LogP contribution in [0.25, 0.3) is 5.69 Å². The van der Waals surface area contributed by atoms with Gasteiger partial charge in [0.05, 0.1) is 18.5 Å². The molecule has 0 bridgehead atoms. The fourth-order valence-corrected chi connectivity index (χ4v) is 3.23. The van der Waals surface area contributed by atoms with Crippen molar-refractivity contribution in [3.8, 4) is 11.4 Å². The molecule has 2 aromatic carbocycles. The molecular formula is C22H26N4OS. The van der Waals surface area contributed by atoms with Crippen LogP contribution in [0.5, 0.6) is 5.75 Å². The number of ether oxygens (including phenoxy) is 1. The highest BCUT2D eigenvalue weighted by Gasteiger charge is 2.15. The van der Waals surface area contributed by atoms with Crippen molar-refractivity contribution in [1.82, 2.24) is 20.0 Å². The largest absolute Gasteiger partial charge is 0.497 e. The number of benzene rings is 2. The molecule has 3 rings (SSSR count). The van der Waals surface area contributed by atoms with E-state index in [9.17, 15) is 0 Å². The summed E-state index contributed by atoms with van der Waals surface area (Å²) in [4.78, 5) is 2.05. The summed E-state index contributed by atoms with van der Waals surface area (Å²) in [5, 5.41) is 8.75. The zero-order valence-electron chi connectivity index (χ0n) is 16.8. The van der Waals surface area contributed by atoms with Gasteiger partial charge in [-0.2, -0.15) is 5.10 Å². The van der Waals surface area contributed by atoms with Gasteiger partial charge in [-0.1, -0.05) is 30.3 Å². The molecule has 146 valence electrons. The van der Waals surface area contributed by atoms with Crippen molar-refractivity contribution in [2.45, 2.75) is 26.9 Å². The molecule has 0 unspecified atom stereocenters. The topological polar surface area (TPSA) is 42.3 Å². The Morgan fingerprint density at radius 3 is 2.43 bits per heavy atom. The van der Waals surface area contributed by atoms with Gasteiger partial charge >= 0.3 is 0 Å². The van der Waals surface area contributed by atoms with Gasteiger partial charge in [0.2, 0.25) is 0 Å². The predicted octanol–water partition coefficient (Wildman–Crippen LogP) is 4.00. The summed E-state index contributed by atoms with van der Waals surface area (Å²) in [5.74, 6) is 0.852. The van der Waals surface area contributed by atoms with Crippen LogP contribution in [0, 0.1) is 13.8 Å². The normalized spacial score (nSPS) is 10.6. The minimum Gasteiger partial charge on any atom is -0.497 e. The Labute approximate surface area is 171 Å². The van der Waals surface area contributed by atoms with Crippen LogP contribution in [0.3, 0.4) is 0 Å². The number of hydrogen-bond acceptors (Lipinski definition) is 3. The lowest BCUT2D eigenvalue weighted by Crippen LogP contribution is -2.36. The van der Waals surface area contributed by atoms with Gasteiger partial charge in [0.25, 0.3) is 0 Å². The van der Waals surface area contributed by atoms with E-state index < -0.39 is 0 Å². The number of hydrogen-bond donors (Lipinski definition) is 1. The Hall–Kier alpha value is -2.86. The van der Waals surface area contributed by atoms with Gasteiger partial charge in [-0.25, -0.2) is 4.68 Å². The van der Waals surface area contributed by atoms with Gasteiger partial charge in [-0.15, -0.1) is 0 Å². The molecule has 0 aliphatic carbocycles. The monoisotopic (exact) mass is 394 g/mol. The van der Waals surface area contributed by atoms with E-state index in [1.165, 1.54) is 5.56 Å². The maximum atomic E-state index is 5.57. The first kappa shape index (κ1) is 19.9. The van der Waals surface area contributed by atoms with Gasteiger partial charge in [0, 0.05) is 31.4 Å². The molecule has 0 saturated heterocycles. The summed E-state index contributed by atoms with van der Waals surface area (Å²) in [6.07, 6.45) is 0. The van der Waals surface area contributed by atoms with E-state index in [1.54, 1.807) is 7.11 Å². The smallest absolute Gasteiger partial charge is 0.169 e. The average Bonchev–Trinajstić information content (AvgIpc) is 3.01. The van der Waals surface area contributed by atoms with Crippen molar-refractivity contribution in [3.63, 3.8) is 0 Å². The van der Waals surface area contributed by atoms with E-state index >= 15 is 0 Å². The van der Waals surface area contributed by atoms with Crippen molar-refractivity contribution in [3.05, 3.63) is 77.1 Å². The molecule has 5 nitrogen and oxygen atoms in total. The summed E-state index contributed by atoms with van der Waals surface area (Å²) >= 11 is 5.57. The third-order valence-electron chi connectivity index (χ3n) is 4.79. The Morgan fingerprint density at radius 2 is 1.79 bits per heavy atom. The van der Waals surface area contributed by atoms with E-state index in [2.05, 4.69) is 24.4 Å². The zero-order valence-corrected chi connectivity index (χ0v) is 17.6. The van der Waals surface area contributed by atoms with E-state index in [0.29, 0.717) is 18.2 Å². The first-order chi connectivity index (χ1) is 13.5. The summed E-state index contributed by atoms with van der Waals surface area (Å²) in [6.45, 7) is 5.53. The molecule has 0 amide bonds. The Morgan fingerprint density at radius 1 is 1.11 bits per heavy atom. The van der Waals surface area contributed by atoms with Crippen LogP contribution in [0.4, 0.5) is 0 Å². The second-order valence-electron chi connectivity index (χ2n) is 6.76. The van der Waals surface area contributed by atoms with E-state index in [4.69, 9.17) is 22.1 Å². The van der Waals surface area contributed by atoms with Crippen LogP contribution in [0.2, 0.25) is 0 Å². The zero-order chi connectivity index (χ0) is 20.1. The highest BCUT2D eigenvalue weighted by atomic mass is 32.1. The molecule has 0 aliphatic rings. The molecule has 1 N–H and O–H groups in total. The number of nitrogens with zero attached hydrogens (tertiary/aromatic N) is 3. The van der Waals surface area contributed by atoms with Crippen LogP contribution in [0.15, 0.2) is 54.6 Å². The van der Waals surface area contributed by atoms with Gasteiger partial charge in [-0.3, -0.25) is 0 Å². The summed E-state index contributed by atoms with van der Waals surface area (Å²) in [7, 11) is 3.67. The summed E-state index contributed by atoms with van der Waals surface area (Å²) < 4.78 is 7.19. The van der Waals surface area contributed by atoms with E-state index in [-0.39, 0.29) is 0 Å². The molecule has 0 aliphatic heterocycles. The molecule has 1 heterocycles. The number of aromatic nitrogens is 2. The Balaban J connectivity index is 1.64. The van der Waals surface area contributed by atoms with Crippen LogP contribution in [0.1, 0.15) is 22.5 Å². The molecule has 0 radical (unpaired) electrons. The molecule has 3 aromatic rings. The lowest BCUT2D eigenvalue weighted by atomic mass is 10.2. The predicted molar refractivity (Wildman–Crippen MR) is 117 cm³/mol. The first-order valence-corrected chi connectivity index (χ1v) is 9.63. The fraction of sp³-hybridized carbons (Fsp3) is 0.273. The third kappa shape index (κ3) is 4.51. The first-order valence-electron chi connectivity index (χ1n) is 9.22. The average molecular weight is 395 g/mol. The molecular weight excluding hydrogens is 368 g/mol. The molecule has 1 aromatic heterocycles. The number of thiocarbonyl (C=S) groups is 1. The van der Waals surface area contributed by atoms with Crippen molar-refractivity contribution in [2.24, 2.45) is 0 Å². The molecule has 28 heavy (non-hydrogen) atoms. The molecule has 6 heteroatoms. The van der Waals surface area contributed by atoms with E-state index in [1.807, 2.05) is 66.0 Å². The quantitative estimate of drug-likeness (QED) is 0.640. The Bertz CT molecular complexity index is 935. The lowest BCUT2D eigenvalue weighted by molar-refractivity contribution is 0.414. The van der Waals surface area contributed by atoms with Crippen molar-refractivity contribution in [1.29, 1.82) is 0 Å². The standard InChI is InChI=1S/C22H26N4OS/c1-16-21(17(2)26(24-16)19-8-6-5-7-9-19)15-25(3)22(28)23-14-18-10-12-20(27-4)13-11-18/h5-13H,14-15H2,1-4H3,(H,23,28). The van der Waals surface area contributed by atoms with Crippen LogP contribution >= 0.6 is 12.2 Å². The number of aryl methyl sites for hydroxylation is 1. The van der Waals surface area contributed by atoms with Gasteiger partial charge in [-0.05, 0) is 55.9 Å². The number of nitrogens with one attached hydrogen (secondary N) is 1. The maximum absolute atomic E-state index is 5.57. The van der Waals surface area contributed by atoms with Crippen molar-refractivity contribution in [2.75, 3.05) is 14.2 Å². The highest BCUT2D eigenvalue weighted by molar-refractivity contribution is 7.80. The molecule has 0 atom stereocenters. The Kier molecular flexibility index (Phi) is 6.31. The van der Waals surface area contributed by atoms with Crippen molar-refractivity contribution >= 4 is 17.3 Å². The third-order valence-corrected chi connectivity index (χ3v) is 5.24. The number of para-hydroxylation sites is 1.